The summed E-state index contributed by atoms with van der Waals surface area (Å²) in [5, 5.41) is 0. The lowest BCUT2D eigenvalue weighted by molar-refractivity contribution is -0.898. The summed E-state index contributed by atoms with van der Waals surface area (Å²) in [6, 6.07) is 20.0. The van der Waals surface area contributed by atoms with E-state index in [1.807, 2.05) is 60.7 Å². The molecule has 2 aromatic carbocycles. The van der Waals surface area contributed by atoms with Crippen LogP contribution < -0.4 is 22.7 Å². The highest BCUT2D eigenvalue weighted by Gasteiger charge is 2.42. The van der Waals surface area contributed by atoms with Gasteiger partial charge in [-0.3, -0.25) is 4.79 Å². The Balaban J connectivity index is 0.00000225. The third-order valence-corrected chi connectivity index (χ3v) is 5.63. The van der Waals surface area contributed by atoms with E-state index in [4.69, 9.17) is 5.73 Å². The summed E-state index contributed by atoms with van der Waals surface area (Å²) in [7, 11) is 2.30. The highest BCUT2D eigenvalue weighted by molar-refractivity contribution is 5.90. The van der Waals surface area contributed by atoms with Crippen LogP contribution in [0.1, 0.15) is 30.4 Å². The van der Waals surface area contributed by atoms with Crippen molar-refractivity contribution in [3.8, 4) is 0 Å². The summed E-state index contributed by atoms with van der Waals surface area (Å²) in [6.45, 7) is 3.35. The predicted octanol–water partition coefficient (Wildman–Crippen LogP) is 0.0925. The van der Waals surface area contributed by atoms with E-state index in [0.717, 1.165) is 28.6 Å². The minimum Gasteiger partial charge on any atom is -1.00 e. The molecular formula is C21H27BrN2O. The van der Waals surface area contributed by atoms with E-state index >= 15 is 0 Å². The van der Waals surface area contributed by atoms with Crippen LogP contribution in [-0.2, 0) is 10.2 Å². The molecule has 0 atom stereocenters. The van der Waals surface area contributed by atoms with Crippen LogP contribution in [0.25, 0.3) is 0 Å². The predicted molar refractivity (Wildman–Crippen MR) is 97.5 cm³/mol. The molecule has 0 aliphatic carbocycles. The molecule has 2 aromatic rings. The molecule has 1 heterocycles. The maximum Gasteiger partial charge on any atom is 0.232 e. The molecule has 2 N–H and O–H groups in total. The van der Waals surface area contributed by atoms with Gasteiger partial charge in [0.15, 0.2) is 0 Å². The number of carbonyl (C=O) groups is 1. The average Bonchev–Trinajstić information content (AvgIpc) is 3.04. The molecule has 0 aromatic heterocycles. The molecule has 0 unspecified atom stereocenters. The Morgan fingerprint density at radius 1 is 0.960 bits per heavy atom. The number of nitrogens with zero attached hydrogens (tertiary/aromatic N) is 1. The molecule has 0 radical (unpaired) electrons. The van der Waals surface area contributed by atoms with Crippen molar-refractivity contribution in [2.45, 2.75) is 24.7 Å². The average molecular weight is 403 g/mol. The molecule has 25 heavy (non-hydrogen) atoms. The number of nitrogens with two attached hydrogens (primary N) is 1. The second-order valence-electron chi connectivity index (χ2n) is 7.25. The van der Waals surface area contributed by atoms with Gasteiger partial charge in [-0.25, -0.2) is 0 Å². The van der Waals surface area contributed by atoms with Gasteiger partial charge in [0.25, 0.3) is 0 Å². The van der Waals surface area contributed by atoms with E-state index < -0.39 is 5.41 Å². The van der Waals surface area contributed by atoms with Crippen molar-refractivity contribution < 1.29 is 26.3 Å². The number of rotatable bonds is 6. The van der Waals surface area contributed by atoms with Crippen LogP contribution in [-0.4, -0.2) is 37.1 Å². The van der Waals surface area contributed by atoms with Crippen LogP contribution in [0.5, 0.6) is 0 Å². The maximum atomic E-state index is 12.7. The number of halogens is 1. The molecule has 0 saturated carbocycles. The van der Waals surface area contributed by atoms with Gasteiger partial charge in [0.2, 0.25) is 5.91 Å². The van der Waals surface area contributed by atoms with E-state index in [2.05, 4.69) is 7.05 Å². The van der Waals surface area contributed by atoms with Crippen LogP contribution in [0.4, 0.5) is 0 Å². The number of benzene rings is 2. The van der Waals surface area contributed by atoms with Crippen molar-refractivity contribution in [2.24, 2.45) is 5.73 Å². The van der Waals surface area contributed by atoms with Crippen molar-refractivity contribution >= 4 is 5.91 Å². The van der Waals surface area contributed by atoms with Crippen LogP contribution >= 0.6 is 0 Å². The standard InChI is InChI=1S/C21H26N2O.BrH/c1-23(15-8-9-16-23)17-14-21(20(22)24,18-10-4-2-5-11-18)19-12-6-3-7-13-19;/h2-7,10-13H,8-9,14-17H2,1H3,(H-,22,24);1H. The Bertz CT molecular complexity index is 642. The highest BCUT2D eigenvalue weighted by atomic mass is 79.9. The van der Waals surface area contributed by atoms with Gasteiger partial charge in [-0.2, -0.15) is 0 Å². The summed E-state index contributed by atoms with van der Waals surface area (Å²) < 4.78 is 1.04. The second kappa shape index (κ2) is 8.15. The lowest BCUT2D eigenvalue weighted by atomic mass is 9.71. The third kappa shape index (κ3) is 3.96. The molecule has 1 saturated heterocycles. The zero-order valence-corrected chi connectivity index (χ0v) is 16.4. The normalized spacial score (nSPS) is 16.2. The Kier molecular flexibility index (Phi) is 6.42. The van der Waals surface area contributed by atoms with Crippen LogP contribution in [0.3, 0.4) is 0 Å². The fourth-order valence-electron chi connectivity index (χ4n) is 4.07. The van der Waals surface area contributed by atoms with E-state index in [1.54, 1.807) is 0 Å². The number of primary amides is 1. The number of quaternary nitrogens is 1. The Hall–Kier alpha value is -1.65. The van der Waals surface area contributed by atoms with Crippen molar-refractivity contribution in [1.29, 1.82) is 0 Å². The first kappa shape index (κ1) is 19.7. The van der Waals surface area contributed by atoms with E-state index in [-0.39, 0.29) is 22.9 Å². The zero-order chi connectivity index (χ0) is 17.0. The van der Waals surface area contributed by atoms with Crippen molar-refractivity contribution in [2.75, 3.05) is 26.7 Å². The van der Waals surface area contributed by atoms with Crippen molar-refractivity contribution in [3.05, 3.63) is 71.8 Å². The minimum atomic E-state index is -0.758. The molecule has 1 aliphatic rings. The molecule has 1 aliphatic heterocycles. The SMILES string of the molecule is C[N+]1(CCC(C(N)=O)(c2ccccc2)c2ccccc2)CCCC1.[Br-]. The summed E-state index contributed by atoms with van der Waals surface area (Å²) in [4.78, 5) is 12.7. The van der Waals surface area contributed by atoms with Crippen molar-refractivity contribution in [1.82, 2.24) is 0 Å². The van der Waals surface area contributed by atoms with Gasteiger partial charge in [0, 0.05) is 19.3 Å². The number of carbonyl (C=O) groups excluding carboxylic acids is 1. The van der Waals surface area contributed by atoms with Gasteiger partial charge < -0.3 is 27.2 Å². The summed E-state index contributed by atoms with van der Waals surface area (Å²) in [6.07, 6.45) is 3.29. The Labute approximate surface area is 161 Å². The fraction of sp³-hybridized carbons (Fsp3) is 0.381. The summed E-state index contributed by atoms with van der Waals surface area (Å²) in [5.41, 5.74) is 7.25. The quantitative estimate of drug-likeness (QED) is 0.683. The molecular weight excluding hydrogens is 376 g/mol. The van der Waals surface area contributed by atoms with E-state index in [0.29, 0.717) is 0 Å². The largest absolute Gasteiger partial charge is 1.00 e. The van der Waals surface area contributed by atoms with Crippen LogP contribution in [0.15, 0.2) is 60.7 Å². The lowest BCUT2D eigenvalue weighted by Crippen LogP contribution is -3.00. The third-order valence-electron chi connectivity index (χ3n) is 5.63. The smallest absolute Gasteiger partial charge is 0.232 e. The first-order valence-electron chi connectivity index (χ1n) is 8.81. The molecule has 3 nitrogen and oxygen atoms in total. The number of hydrogen-bond donors (Lipinski definition) is 1. The molecule has 4 heteroatoms. The molecule has 0 bridgehead atoms. The highest BCUT2D eigenvalue weighted by Crippen LogP contribution is 2.37. The topological polar surface area (TPSA) is 43.1 Å². The minimum absolute atomic E-state index is 0. The van der Waals surface area contributed by atoms with E-state index in [9.17, 15) is 4.79 Å². The van der Waals surface area contributed by atoms with Gasteiger partial charge >= 0.3 is 0 Å². The molecule has 1 amide bonds. The van der Waals surface area contributed by atoms with Gasteiger partial charge in [0.1, 0.15) is 5.41 Å². The zero-order valence-electron chi connectivity index (χ0n) is 14.8. The number of hydrogen-bond acceptors (Lipinski definition) is 1. The maximum absolute atomic E-state index is 12.7. The fourth-order valence-corrected chi connectivity index (χ4v) is 4.07. The molecule has 3 rings (SSSR count). The lowest BCUT2D eigenvalue weighted by Gasteiger charge is -2.36. The van der Waals surface area contributed by atoms with E-state index in [1.165, 1.54) is 25.9 Å². The molecule has 134 valence electrons. The molecule has 0 spiro atoms. The monoisotopic (exact) mass is 402 g/mol. The number of amides is 1. The summed E-state index contributed by atoms with van der Waals surface area (Å²) in [5.74, 6) is -0.259. The first-order chi connectivity index (χ1) is 11.6. The van der Waals surface area contributed by atoms with Crippen LogP contribution in [0.2, 0.25) is 0 Å². The Morgan fingerprint density at radius 2 is 1.40 bits per heavy atom. The number of likely N-dealkylation sites (tertiary alicyclic amines) is 1. The Morgan fingerprint density at radius 3 is 1.80 bits per heavy atom. The van der Waals surface area contributed by atoms with Crippen LogP contribution in [0, 0.1) is 0 Å². The van der Waals surface area contributed by atoms with Gasteiger partial charge in [0.05, 0.1) is 26.7 Å². The summed E-state index contributed by atoms with van der Waals surface area (Å²) >= 11 is 0. The van der Waals surface area contributed by atoms with Gasteiger partial charge in [-0.05, 0) is 11.1 Å². The molecule has 1 fully saturated rings. The van der Waals surface area contributed by atoms with Crippen molar-refractivity contribution in [3.63, 3.8) is 0 Å². The first-order valence-corrected chi connectivity index (χ1v) is 8.81. The van der Waals surface area contributed by atoms with Gasteiger partial charge in [-0.1, -0.05) is 60.7 Å². The van der Waals surface area contributed by atoms with Gasteiger partial charge in [-0.15, -0.1) is 0 Å². The second-order valence-corrected chi connectivity index (χ2v) is 7.25.